The van der Waals surface area contributed by atoms with Gasteiger partial charge in [-0.25, -0.2) is 18.3 Å². The van der Waals surface area contributed by atoms with Gasteiger partial charge in [0.15, 0.2) is 16.6 Å². The van der Waals surface area contributed by atoms with Crippen molar-refractivity contribution in [1.29, 1.82) is 0 Å². The van der Waals surface area contributed by atoms with Crippen LogP contribution in [-0.4, -0.2) is 37.8 Å². The number of carbonyl (C=O) groups excluding carboxylic acids is 1. The molecule has 1 aliphatic carbocycles. The molecule has 0 radical (unpaired) electrons. The van der Waals surface area contributed by atoms with Crippen molar-refractivity contribution in [1.82, 2.24) is 24.7 Å². The molecule has 176 valence electrons. The number of fused-ring (bicyclic) bond motifs is 3. The van der Waals surface area contributed by atoms with Crippen LogP contribution in [0.4, 0.5) is 14.6 Å². The van der Waals surface area contributed by atoms with Crippen LogP contribution in [0.25, 0.3) is 17.0 Å². The second kappa shape index (κ2) is 8.01. The van der Waals surface area contributed by atoms with Crippen LogP contribution in [0.5, 0.6) is 5.88 Å². The van der Waals surface area contributed by atoms with Crippen LogP contribution in [-0.2, 0) is 10.2 Å². The maximum atomic E-state index is 13.9. The number of anilines is 1. The Hall–Kier alpha value is -3.60. The quantitative estimate of drug-likeness (QED) is 0.430. The summed E-state index contributed by atoms with van der Waals surface area (Å²) in [5, 5.41) is 10.8. The molecule has 1 amide bonds. The predicted octanol–water partition coefficient (Wildman–Crippen LogP) is 4.78. The third kappa shape index (κ3) is 3.56. The summed E-state index contributed by atoms with van der Waals surface area (Å²) < 4.78 is 39.7. The molecule has 0 aliphatic heterocycles. The lowest BCUT2D eigenvalue weighted by atomic mass is 9.88. The zero-order chi connectivity index (χ0) is 24.2. The van der Waals surface area contributed by atoms with Crippen molar-refractivity contribution in [2.75, 3.05) is 12.4 Å². The molecule has 4 aromatic rings. The number of pyridine rings is 1. The van der Waals surface area contributed by atoms with Crippen LogP contribution in [0.3, 0.4) is 0 Å². The Morgan fingerprint density at radius 3 is 2.85 bits per heavy atom. The number of nitrogens with one attached hydrogen (secondary N) is 1. The maximum Gasteiger partial charge on any atom is 0.264 e. The Morgan fingerprint density at radius 2 is 2.18 bits per heavy atom. The highest BCUT2D eigenvalue weighted by Crippen LogP contribution is 2.46. The number of ether oxygens (including phenoxy) is 1. The van der Waals surface area contributed by atoms with Crippen LogP contribution < -0.4 is 10.1 Å². The Kier molecular flexibility index (Phi) is 5.23. The van der Waals surface area contributed by atoms with Crippen molar-refractivity contribution in [3.05, 3.63) is 52.6 Å². The number of carbonyl (C=O) groups is 1. The molecule has 34 heavy (non-hydrogen) atoms. The first-order chi connectivity index (χ1) is 16.2. The van der Waals surface area contributed by atoms with Gasteiger partial charge < -0.3 is 14.6 Å². The van der Waals surface area contributed by atoms with Crippen molar-refractivity contribution >= 4 is 29.0 Å². The van der Waals surface area contributed by atoms with Gasteiger partial charge in [0, 0.05) is 34.9 Å². The summed E-state index contributed by atoms with van der Waals surface area (Å²) in [5.74, 6) is -1.11. The second-order valence-electron chi connectivity index (χ2n) is 8.59. The number of methoxy groups -OCH3 is 1. The Labute approximate surface area is 197 Å². The minimum absolute atomic E-state index is 0.0255. The summed E-state index contributed by atoms with van der Waals surface area (Å²) in [4.78, 5) is 21.9. The average molecular weight is 489 g/mol. The average Bonchev–Trinajstić information content (AvgIpc) is 3.50. The fourth-order valence-corrected chi connectivity index (χ4v) is 4.71. The normalized spacial score (nSPS) is 16.7. The van der Waals surface area contributed by atoms with Gasteiger partial charge in [0.25, 0.3) is 6.43 Å². The lowest BCUT2D eigenvalue weighted by Gasteiger charge is -2.19. The zero-order valence-corrected chi connectivity index (χ0v) is 19.1. The SMILES string of the molecule is COc1nc(NC(=O)C2CC(C)(C)c3c2cnc2cc(Cl)nn32)cc(C(F)F)c1-c1ccno1. The van der Waals surface area contributed by atoms with Gasteiger partial charge in [0.1, 0.15) is 5.82 Å². The van der Waals surface area contributed by atoms with E-state index in [-0.39, 0.29) is 23.0 Å². The molecule has 9 nitrogen and oxygen atoms in total. The van der Waals surface area contributed by atoms with Crippen LogP contribution in [0.1, 0.15) is 49.4 Å². The highest BCUT2D eigenvalue weighted by atomic mass is 35.5. The van der Waals surface area contributed by atoms with E-state index in [0.29, 0.717) is 22.8 Å². The molecule has 1 atom stereocenters. The summed E-state index contributed by atoms with van der Waals surface area (Å²) in [7, 11) is 1.30. The van der Waals surface area contributed by atoms with Gasteiger partial charge in [-0.15, -0.1) is 0 Å². The molecule has 1 N–H and O–H groups in total. The number of rotatable bonds is 5. The summed E-state index contributed by atoms with van der Waals surface area (Å²) in [5.41, 5.74) is 1.25. The van der Waals surface area contributed by atoms with E-state index < -0.39 is 29.2 Å². The van der Waals surface area contributed by atoms with Crippen molar-refractivity contribution in [2.45, 2.75) is 38.0 Å². The maximum absolute atomic E-state index is 13.9. The van der Waals surface area contributed by atoms with Crippen molar-refractivity contribution in [3.8, 4) is 17.2 Å². The lowest BCUT2D eigenvalue weighted by Crippen LogP contribution is -2.22. The third-order valence-electron chi connectivity index (χ3n) is 5.91. The molecule has 4 aromatic heterocycles. The van der Waals surface area contributed by atoms with Gasteiger partial charge in [-0.2, -0.15) is 10.1 Å². The molecule has 0 aromatic carbocycles. The van der Waals surface area contributed by atoms with E-state index >= 15 is 0 Å². The summed E-state index contributed by atoms with van der Waals surface area (Å²) in [6.45, 7) is 3.99. The van der Waals surface area contributed by atoms with Gasteiger partial charge in [-0.05, 0) is 12.5 Å². The van der Waals surface area contributed by atoms with E-state index in [2.05, 4.69) is 25.5 Å². The van der Waals surface area contributed by atoms with E-state index in [1.54, 1.807) is 16.8 Å². The fourth-order valence-electron chi connectivity index (χ4n) is 4.53. The standard InChI is InChI=1S/C22H19ClF2N6O3/c1-22(2)8-11(12-9-26-16-7-14(23)30-31(16)18(12)22)20(32)28-15-6-10(19(24)25)17(21(29-15)33-3)13-4-5-27-34-13/h4-7,9,11,19H,8H2,1-3H3,(H,28,29,32). The smallest absolute Gasteiger partial charge is 0.264 e. The largest absolute Gasteiger partial charge is 0.480 e. The van der Waals surface area contributed by atoms with Crippen LogP contribution >= 0.6 is 11.6 Å². The zero-order valence-electron chi connectivity index (χ0n) is 18.3. The molecule has 12 heteroatoms. The topological polar surface area (TPSA) is 107 Å². The molecule has 1 aliphatic rings. The minimum atomic E-state index is -2.87. The van der Waals surface area contributed by atoms with Crippen molar-refractivity contribution in [3.63, 3.8) is 0 Å². The molecule has 0 bridgehead atoms. The third-order valence-corrected chi connectivity index (χ3v) is 6.09. The number of hydrogen-bond acceptors (Lipinski definition) is 7. The highest BCUT2D eigenvalue weighted by Gasteiger charge is 2.43. The molecular formula is C22H19ClF2N6O3. The lowest BCUT2D eigenvalue weighted by molar-refractivity contribution is -0.117. The van der Waals surface area contributed by atoms with Gasteiger partial charge in [-0.1, -0.05) is 30.6 Å². The number of hydrogen-bond donors (Lipinski definition) is 1. The van der Waals surface area contributed by atoms with Gasteiger partial charge in [-0.3, -0.25) is 4.79 Å². The molecule has 0 fully saturated rings. The van der Waals surface area contributed by atoms with E-state index in [0.717, 1.165) is 11.8 Å². The first kappa shape index (κ1) is 22.2. The molecular weight excluding hydrogens is 470 g/mol. The van der Waals surface area contributed by atoms with Crippen molar-refractivity contribution < 1.29 is 22.8 Å². The molecule has 0 saturated carbocycles. The van der Waals surface area contributed by atoms with E-state index in [1.165, 1.54) is 19.4 Å². The molecule has 0 saturated heterocycles. The number of alkyl halides is 2. The van der Waals surface area contributed by atoms with Crippen LogP contribution in [0, 0.1) is 0 Å². The summed E-state index contributed by atoms with van der Waals surface area (Å²) >= 11 is 6.06. The molecule has 1 unspecified atom stereocenters. The monoisotopic (exact) mass is 488 g/mol. The summed E-state index contributed by atoms with van der Waals surface area (Å²) in [6.07, 6.45) is 0.548. The minimum Gasteiger partial charge on any atom is -0.480 e. The van der Waals surface area contributed by atoms with Crippen LogP contribution in [0.2, 0.25) is 5.15 Å². The molecule has 5 rings (SSSR count). The van der Waals surface area contributed by atoms with Gasteiger partial charge in [0.05, 0.1) is 30.5 Å². The first-order valence-corrected chi connectivity index (χ1v) is 10.7. The molecule has 0 spiro atoms. The predicted molar refractivity (Wildman–Crippen MR) is 118 cm³/mol. The van der Waals surface area contributed by atoms with Crippen LogP contribution in [0.15, 0.2) is 35.1 Å². The number of amides is 1. The van der Waals surface area contributed by atoms with Gasteiger partial charge in [0.2, 0.25) is 11.8 Å². The highest BCUT2D eigenvalue weighted by molar-refractivity contribution is 6.29. The Balaban J connectivity index is 1.52. The molecule has 4 heterocycles. The Bertz CT molecular complexity index is 1400. The fraction of sp³-hybridized carbons (Fsp3) is 0.318. The van der Waals surface area contributed by atoms with E-state index in [1.807, 2.05) is 13.8 Å². The first-order valence-electron chi connectivity index (χ1n) is 10.3. The van der Waals surface area contributed by atoms with E-state index in [9.17, 15) is 13.6 Å². The Morgan fingerprint density at radius 1 is 1.38 bits per heavy atom. The van der Waals surface area contributed by atoms with E-state index in [4.69, 9.17) is 20.9 Å². The number of aromatic nitrogens is 5. The summed E-state index contributed by atoms with van der Waals surface area (Å²) in [6, 6.07) is 4.18. The second-order valence-corrected chi connectivity index (χ2v) is 8.97. The van der Waals surface area contributed by atoms with Gasteiger partial charge >= 0.3 is 0 Å². The number of nitrogens with zero attached hydrogens (tertiary/aromatic N) is 5. The van der Waals surface area contributed by atoms with Crippen molar-refractivity contribution in [2.24, 2.45) is 0 Å². The number of halogens is 3.